The van der Waals surface area contributed by atoms with Gasteiger partial charge in [0.1, 0.15) is 11.4 Å². The first-order valence-electron chi connectivity index (χ1n) is 8.83. The van der Waals surface area contributed by atoms with Crippen LogP contribution < -0.4 is 5.32 Å². The zero-order valence-corrected chi connectivity index (χ0v) is 14.6. The second-order valence-electron chi connectivity index (χ2n) is 6.50. The van der Waals surface area contributed by atoms with Gasteiger partial charge in [0, 0.05) is 36.5 Å². The number of aryl methyl sites for hydroxylation is 2. The largest absolute Gasteiger partial charge is 0.334 e. The summed E-state index contributed by atoms with van der Waals surface area (Å²) in [6, 6.07) is 13.2. The summed E-state index contributed by atoms with van der Waals surface area (Å²) in [4.78, 5) is 27.6. The van der Waals surface area contributed by atoms with Gasteiger partial charge in [-0.05, 0) is 31.0 Å². The van der Waals surface area contributed by atoms with E-state index in [2.05, 4.69) is 16.1 Å². The highest BCUT2D eigenvalue weighted by molar-refractivity contribution is 6.07. The first-order valence-corrected chi connectivity index (χ1v) is 8.83. The molecule has 0 saturated carbocycles. The monoisotopic (exact) mass is 362 g/mol. The minimum Gasteiger partial charge on any atom is -0.334 e. The molecule has 136 valence electrons. The predicted octanol–water partition coefficient (Wildman–Crippen LogP) is 4.05. The number of nitro benzene ring substituents is 1. The summed E-state index contributed by atoms with van der Waals surface area (Å²) in [6.07, 6.45) is 5.42. The molecule has 2 heterocycles. The molecule has 0 atom stereocenters. The molecule has 7 heteroatoms. The van der Waals surface area contributed by atoms with E-state index in [0.29, 0.717) is 5.69 Å². The molecule has 3 aromatic rings. The highest BCUT2D eigenvalue weighted by Crippen LogP contribution is 2.25. The lowest BCUT2D eigenvalue weighted by Crippen LogP contribution is -2.13. The number of hydrogen-bond acceptors (Lipinski definition) is 4. The van der Waals surface area contributed by atoms with Crippen molar-refractivity contribution >= 4 is 17.3 Å². The standard InChI is InChI=1S/C20H18N4O3/c25-20(16-5-1-2-6-18(16)24(26)27)21-15-10-8-14(9-11-15)17-13-23-12-4-3-7-19(23)22-17/h1-2,5-6,8-11,13H,3-4,7,12H2,(H,21,25). The van der Waals surface area contributed by atoms with Crippen molar-refractivity contribution in [2.75, 3.05) is 5.32 Å². The number of benzene rings is 2. The predicted molar refractivity (Wildman–Crippen MR) is 102 cm³/mol. The molecule has 0 spiro atoms. The number of carbonyl (C=O) groups excluding carboxylic acids is 1. The van der Waals surface area contributed by atoms with Crippen LogP contribution >= 0.6 is 0 Å². The molecule has 27 heavy (non-hydrogen) atoms. The molecule has 4 rings (SSSR count). The fourth-order valence-corrected chi connectivity index (χ4v) is 3.30. The molecule has 0 fully saturated rings. The Morgan fingerprint density at radius 2 is 1.89 bits per heavy atom. The average molecular weight is 362 g/mol. The molecule has 1 amide bonds. The molecule has 0 bridgehead atoms. The lowest BCUT2D eigenvalue weighted by Gasteiger charge is -2.11. The Morgan fingerprint density at radius 3 is 2.63 bits per heavy atom. The molecule has 0 unspecified atom stereocenters. The Labute approximate surface area is 155 Å². The summed E-state index contributed by atoms with van der Waals surface area (Å²) in [6.45, 7) is 1.01. The number of nitrogens with zero attached hydrogens (tertiary/aromatic N) is 3. The van der Waals surface area contributed by atoms with Gasteiger partial charge in [0.05, 0.1) is 10.6 Å². The summed E-state index contributed by atoms with van der Waals surface area (Å²) >= 11 is 0. The Morgan fingerprint density at radius 1 is 1.11 bits per heavy atom. The molecule has 7 nitrogen and oxygen atoms in total. The van der Waals surface area contributed by atoms with Crippen molar-refractivity contribution in [2.24, 2.45) is 0 Å². The quantitative estimate of drug-likeness (QED) is 0.560. The third-order valence-corrected chi connectivity index (χ3v) is 4.69. The Balaban J connectivity index is 1.52. The smallest absolute Gasteiger partial charge is 0.282 e. The van der Waals surface area contributed by atoms with E-state index >= 15 is 0 Å². The summed E-state index contributed by atoms with van der Waals surface area (Å²) in [5, 5.41) is 13.8. The summed E-state index contributed by atoms with van der Waals surface area (Å²) in [5.41, 5.74) is 2.29. The first kappa shape index (κ1) is 17.0. The van der Waals surface area contributed by atoms with Crippen LogP contribution in [0.1, 0.15) is 29.0 Å². The maximum Gasteiger partial charge on any atom is 0.282 e. The second kappa shape index (κ2) is 7.03. The van der Waals surface area contributed by atoms with Gasteiger partial charge in [0.15, 0.2) is 0 Å². The van der Waals surface area contributed by atoms with Crippen LogP contribution in [0.25, 0.3) is 11.3 Å². The first-order chi connectivity index (χ1) is 13.1. The third-order valence-electron chi connectivity index (χ3n) is 4.69. The molecule has 1 aliphatic rings. The molecule has 0 saturated heterocycles. The number of aromatic nitrogens is 2. The van der Waals surface area contributed by atoms with Crippen LogP contribution in [0.4, 0.5) is 11.4 Å². The van der Waals surface area contributed by atoms with Crippen molar-refractivity contribution in [1.82, 2.24) is 9.55 Å². The summed E-state index contributed by atoms with van der Waals surface area (Å²) in [7, 11) is 0. The number of amides is 1. The molecule has 0 aliphatic carbocycles. The van der Waals surface area contributed by atoms with Crippen molar-refractivity contribution in [3.05, 3.63) is 76.2 Å². The van der Waals surface area contributed by atoms with Gasteiger partial charge in [0.25, 0.3) is 11.6 Å². The molecular formula is C20H18N4O3. The van der Waals surface area contributed by atoms with Crippen LogP contribution in [0.2, 0.25) is 0 Å². The van der Waals surface area contributed by atoms with Crippen molar-refractivity contribution in [2.45, 2.75) is 25.8 Å². The number of carbonyl (C=O) groups is 1. The Bertz CT molecular complexity index is 985. The van der Waals surface area contributed by atoms with Crippen molar-refractivity contribution in [3.8, 4) is 11.3 Å². The molecular weight excluding hydrogens is 344 g/mol. The van der Waals surface area contributed by atoms with Gasteiger partial charge in [-0.3, -0.25) is 14.9 Å². The number of anilines is 1. The minimum atomic E-state index is -0.557. The van der Waals surface area contributed by atoms with Crippen molar-refractivity contribution in [3.63, 3.8) is 0 Å². The van der Waals surface area contributed by atoms with E-state index in [1.54, 1.807) is 18.2 Å². The zero-order chi connectivity index (χ0) is 18.8. The van der Waals surface area contributed by atoms with Gasteiger partial charge in [-0.15, -0.1) is 0 Å². The van der Waals surface area contributed by atoms with Crippen molar-refractivity contribution < 1.29 is 9.72 Å². The number of hydrogen-bond donors (Lipinski definition) is 1. The molecule has 1 aliphatic heterocycles. The SMILES string of the molecule is O=C(Nc1ccc(-c2cn3c(n2)CCCC3)cc1)c1ccccc1[N+](=O)[O-]. The van der Waals surface area contributed by atoms with Crippen molar-refractivity contribution in [1.29, 1.82) is 0 Å². The maximum absolute atomic E-state index is 12.4. The van der Waals surface area contributed by atoms with E-state index in [-0.39, 0.29) is 11.3 Å². The fourth-order valence-electron chi connectivity index (χ4n) is 3.30. The zero-order valence-electron chi connectivity index (χ0n) is 14.6. The van der Waals surface area contributed by atoms with Gasteiger partial charge in [-0.2, -0.15) is 0 Å². The van der Waals surface area contributed by atoms with Gasteiger partial charge in [-0.25, -0.2) is 4.98 Å². The Kier molecular flexibility index (Phi) is 4.42. The molecule has 1 aromatic heterocycles. The number of imidazole rings is 1. The number of rotatable bonds is 4. The average Bonchev–Trinajstić information content (AvgIpc) is 3.12. The Hall–Kier alpha value is -3.48. The number of fused-ring (bicyclic) bond motifs is 1. The second-order valence-corrected chi connectivity index (χ2v) is 6.50. The third kappa shape index (κ3) is 3.44. The van der Waals surface area contributed by atoms with E-state index in [4.69, 9.17) is 4.98 Å². The normalized spacial score (nSPS) is 13.0. The number of nitro groups is 1. The number of nitrogens with one attached hydrogen (secondary N) is 1. The summed E-state index contributed by atoms with van der Waals surface area (Å²) < 4.78 is 2.20. The number of para-hydroxylation sites is 1. The van der Waals surface area contributed by atoms with E-state index in [0.717, 1.165) is 30.0 Å². The fraction of sp³-hybridized carbons (Fsp3) is 0.200. The topological polar surface area (TPSA) is 90.1 Å². The highest BCUT2D eigenvalue weighted by Gasteiger charge is 2.19. The minimum absolute atomic E-state index is 0.0355. The van der Waals surface area contributed by atoms with E-state index in [1.807, 2.05) is 12.1 Å². The van der Waals surface area contributed by atoms with Gasteiger partial charge < -0.3 is 9.88 Å². The maximum atomic E-state index is 12.4. The van der Waals surface area contributed by atoms with Gasteiger partial charge in [0.2, 0.25) is 0 Å². The van der Waals surface area contributed by atoms with Crippen LogP contribution in [0, 0.1) is 10.1 Å². The molecule has 2 aromatic carbocycles. The van der Waals surface area contributed by atoms with Crippen LogP contribution in [0.15, 0.2) is 54.7 Å². The molecule has 0 radical (unpaired) electrons. The van der Waals surface area contributed by atoms with E-state index < -0.39 is 10.8 Å². The van der Waals surface area contributed by atoms with Crippen LogP contribution in [-0.4, -0.2) is 20.4 Å². The lowest BCUT2D eigenvalue weighted by atomic mass is 10.1. The summed E-state index contributed by atoms with van der Waals surface area (Å²) in [5.74, 6) is 0.609. The highest BCUT2D eigenvalue weighted by atomic mass is 16.6. The lowest BCUT2D eigenvalue weighted by molar-refractivity contribution is -0.385. The van der Waals surface area contributed by atoms with Crippen LogP contribution in [0.3, 0.4) is 0 Å². The van der Waals surface area contributed by atoms with Crippen LogP contribution in [-0.2, 0) is 13.0 Å². The van der Waals surface area contributed by atoms with Crippen LogP contribution in [0.5, 0.6) is 0 Å². The van der Waals surface area contributed by atoms with E-state index in [1.165, 1.54) is 31.0 Å². The van der Waals surface area contributed by atoms with E-state index in [9.17, 15) is 14.9 Å². The van der Waals surface area contributed by atoms with Gasteiger partial charge in [-0.1, -0.05) is 24.3 Å². The van der Waals surface area contributed by atoms with Gasteiger partial charge >= 0.3 is 0 Å². The molecule has 1 N–H and O–H groups in total.